The van der Waals surface area contributed by atoms with Gasteiger partial charge in [0.25, 0.3) is 5.56 Å². The zero-order valence-electron chi connectivity index (χ0n) is 16.5. The van der Waals surface area contributed by atoms with Crippen LogP contribution in [0.5, 0.6) is 5.75 Å². The second-order valence-corrected chi connectivity index (χ2v) is 6.53. The predicted octanol–water partition coefficient (Wildman–Crippen LogP) is 3.57. The fourth-order valence-corrected chi connectivity index (χ4v) is 3.09. The van der Waals surface area contributed by atoms with Crippen LogP contribution in [0, 0.1) is 12.7 Å². The molecule has 1 N–H and O–H groups in total. The van der Waals surface area contributed by atoms with Gasteiger partial charge in [-0.15, -0.1) is 0 Å². The Bertz CT molecular complexity index is 1070. The molecule has 0 aliphatic heterocycles. The fourth-order valence-electron chi connectivity index (χ4n) is 3.09. The number of aryl methyl sites for hydroxylation is 1. The second kappa shape index (κ2) is 8.68. The van der Waals surface area contributed by atoms with Crippen molar-refractivity contribution in [2.24, 2.45) is 0 Å². The van der Waals surface area contributed by atoms with Crippen LogP contribution >= 0.6 is 0 Å². The minimum Gasteiger partial charge on any atom is -0.497 e. The fraction of sp³-hybridized carbons (Fsp3) is 0.227. The number of hydrogen-bond donors (Lipinski definition) is 1. The van der Waals surface area contributed by atoms with Crippen LogP contribution in [0.2, 0.25) is 0 Å². The summed E-state index contributed by atoms with van der Waals surface area (Å²) in [7, 11) is 1.56. The third-order valence-electron chi connectivity index (χ3n) is 4.60. The van der Waals surface area contributed by atoms with Gasteiger partial charge in [-0.05, 0) is 61.9 Å². The monoisotopic (exact) mass is 395 g/mol. The van der Waals surface area contributed by atoms with Gasteiger partial charge in [0.2, 0.25) is 5.91 Å². The van der Waals surface area contributed by atoms with E-state index >= 15 is 0 Å². The van der Waals surface area contributed by atoms with Gasteiger partial charge in [0.05, 0.1) is 7.11 Å². The van der Waals surface area contributed by atoms with E-state index in [1.807, 2.05) is 6.92 Å². The predicted molar refractivity (Wildman–Crippen MR) is 110 cm³/mol. The number of ether oxygens (including phenoxy) is 1. The van der Waals surface area contributed by atoms with E-state index in [2.05, 4.69) is 10.3 Å². The van der Waals surface area contributed by atoms with Gasteiger partial charge in [-0.25, -0.2) is 9.37 Å². The van der Waals surface area contributed by atoms with Crippen LogP contribution in [0.25, 0.3) is 11.4 Å². The Balaban J connectivity index is 1.96. The lowest BCUT2D eigenvalue weighted by molar-refractivity contribution is -0.116. The quantitative estimate of drug-likeness (QED) is 0.693. The average molecular weight is 395 g/mol. The summed E-state index contributed by atoms with van der Waals surface area (Å²) in [6.45, 7) is 3.41. The number of aromatic nitrogens is 2. The van der Waals surface area contributed by atoms with Crippen LogP contribution in [0.15, 0.2) is 53.3 Å². The molecule has 1 amide bonds. The summed E-state index contributed by atoms with van der Waals surface area (Å²) in [5.74, 6) is 0.248. The van der Waals surface area contributed by atoms with Crippen LogP contribution in [0.4, 0.5) is 10.1 Å². The van der Waals surface area contributed by atoms with E-state index in [1.54, 1.807) is 50.4 Å². The summed E-state index contributed by atoms with van der Waals surface area (Å²) in [5.41, 5.74) is 2.02. The summed E-state index contributed by atoms with van der Waals surface area (Å²) >= 11 is 0. The molecular weight excluding hydrogens is 373 g/mol. The Kier molecular flexibility index (Phi) is 6.07. The highest BCUT2D eigenvalue weighted by atomic mass is 19.1. The highest BCUT2D eigenvalue weighted by Crippen LogP contribution is 2.19. The van der Waals surface area contributed by atoms with Crippen molar-refractivity contribution in [3.8, 4) is 17.1 Å². The molecule has 0 saturated heterocycles. The van der Waals surface area contributed by atoms with Crippen LogP contribution in [-0.4, -0.2) is 22.6 Å². The van der Waals surface area contributed by atoms with Gasteiger partial charge in [0.15, 0.2) is 0 Å². The maximum atomic E-state index is 13.3. The molecule has 0 aliphatic carbocycles. The van der Waals surface area contributed by atoms with Crippen LogP contribution < -0.4 is 15.6 Å². The molecule has 0 radical (unpaired) electrons. The van der Waals surface area contributed by atoms with E-state index in [1.165, 1.54) is 16.7 Å². The number of halogens is 1. The van der Waals surface area contributed by atoms with E-state index in [-0.39, 0.29) is 23.8 Å². The number of hydrogen-bond acceptors (Lipinski definition) is 4. The first-order valence-electron chi connectivity index (χ1n) is 9.23. The van der Waals surface area contributed by atoms with E-state index in [4.69, 9.17) is 4.74 Å². The van der Waals surface area contributed by atoms with Crippen LogP contribution in [0.3, 0.4) is 0 Å². The first-order valence-corrected chi connectivity index (χ1v) is 9.23. The van der Waals surface area contributed by atoms with Gasteiger partial charge in [0.1, 0.15) is 23.9 Å². The number of amides is 1. The van der Waals surface area contributed by atoms with E-state index in [0.29, 0.717) is 40.5 Å². The van der Waals surface area contributed by atoms with E-state index in [0.717, 1.165) is 0 Å². The van der Waals surface area contributed by atoms with Gasteiger partial charge in [-0.2, -0.15) is 0 Å². The molecule has 0 spiro atoms. The smallest absolute Gasteiger partial charge is 0.257 e. The van der Waals surface area contributed by atoms with E-state index < -0.39 is 0 Å². The number of carbonyl (C=O) groups is 1. The Hall–Kier alpha value is -3.48. The summed E-state index contributed by atoms with van der Waals surface area (Å²) < 4.78 is 19.8. The van der Waals surface area contributed by atoms with Gasteiger partial charge >= 0.3 is 0 Å². The molecular formula is C22H22FN3O3. The minimum atomic E-state index is -0.387. The number of nitrogens with zero attached hydrogens (tertiary/aromatic N) is 2. The maximum Gasteiger partial charge on any atom is 0.257 e. The first kappa shape index (κ1) is 20.3. The topological polar surface area (TPSA) is 73.2 Å². The van der Waals surface area contributed by atoms with Crippen molar-refractivity contribution >= 4 is 11.6 Å². The molecule has 1 heterocycles. The summed E-state index contributed by atoms with van der Waals surface area (Å²) in [6.07, 6.45) is 0.501. The lowest BCUT2D eigenvalue weighted by Gasteiger charge is -2.15. The Morgan fingerprint density at radius 1 is 1.14 bits per heavy atom. The molecule has 1 aromatic heterocycles. The largest absolute Gasteiger partial charge is 0.497 e. The third kappa shape index (κ3) is 4.51. The molecule has 0 bridgehead atoms. The highest BCUT2D eigenvalue weighted by Gasteiger charge is 2.17. The van der Waals surface area contributed by atoms with Crippen molar-refractivity contribution in [1.29, 1.82) is 0 Å². The molecule has 0 saturated carbocycles. The number of carbonyl (C=O) groups excluding carboxylic acids is 1. The Labute approximate surface area is 168 Å². The lowest BCUT2D eigenvalue weighted by Crippen LogP contribution is -2.32. The highest BCUT2D eigenvalue weighted by molar-refractivity contribution is 5.90. The van der Waals surface area contributed by atoms with E-state index in [9.17, 15) is 14.0 Å². The standard InChI is InChI=1S/C22H22FN3O3/c1-4-19-14(2)24-21(15-5-7-16(23)8-6-15)26(22(19)28)13-20(27)25-17-9-11-18(29-3)12-10-17/h5-12H,4,13H2,1-3H3,(H,25,27). The number of benzene rings is 2. The summed E-state index contributed by atoms with van der Waals surface area (Å²) in [6, 6.07) is 12.6. The van der Waals surface area contributed by atoms with Gasteiger partial charge in [-0.1, -0.05) is 6.92 Å². The molecule has 0 fully saturated rings. The zero-order chi connectivity index (χ0) is 21.0. The van der Waals surface area contributed by atoms with Crippen molar-refractivity contribution in [1.82, 2.24) is 9.55 Å². The van der Waals surface area contributed by atoms with Gasteiger partial charge < -0.3 is 10.1 Å². The SMILES string of the molecule is CCc1c(C)nc(-c2ccc(F)cc2)n(CC(=O)Nc2ccc(OC)cc2)c1=O. The van der Waals surface area contributed by atoms with Gasteiger partial charge in [0, 0.05) is 22.5 Å². The Morgan fingerprint density at radius 3 is 2.38 bits per heavy atom. The molecule has 3 aromatic rings. The molecule has 6 nitrogen and oxygen atoms in total. The van der Waals surface area contributed by atoms with Crippen molar-refractivity contribution in [2.45, 2.75) is 26.8 Å². The maximum absolute atomic E-state index is 13.3. The minimum absolute atomic E-state index is 0.210. The number of nitrogens with one attached hydrogen (secondary N) is 1. The van der Waals surface area contributed by atoms with Gasteiger partial charge in [-0.3, -0.25) is 14.2 Å². The average Bonchev–Trinajstić information content (AvgIpc) is 2.71. The molecule has 150 valence electrons. The normalized spacial score (nSPS) is 10.6. The van der Waals surface area contributed by atoms with Crippen molar-refractivity contribution in [3.05, 3.63) is 76.0 Å². The number of rotatable bonds is 6. The summed E-state index contributed by atoms with van der Waals surface area (Å²) in [5, 5.41) is 2.77. The van der Waals surface area contributed by atoms with Crippen molar-refractivity contribution in [3.63, 3.8) is 0 Å². The molecule has 0 aliphatic rings. The molecule has 0 atom stereocenters. The second-order valence-electron chi connectivity index (χ2n) is 6.53. The molecule has 2 aromatic carbocycles. The molecule has 29 heavy (non-hydrogen) atoms. The third-order valence-corrected chi connectivity index (χ3v) is 4.60. The lowest BCUT2D eigenvalue weighted by atomic mass is 10.1. The van der Waals surface area contributed by atoms with Crippen LogP contribution in [0.1, 0.15) is 18.2 Å². The number of anilines is 1. The first-order chi connectivity index (χ1) is 13.9. The Morgan fingerprint density at radius 2 is 1.79 bits per heavy atom. The number of methoxy groups -OCH3 is 1. The summed E-state index contributed by atoms with van der Waals surface area (Å²) in [4.78, 5) is 30.2. The van der Waals surface area contributed by atoms with Crippen molar-refractivity contribution in [2.75, 3.05) is 12.4 Å². The molecule has 7 heteroatoms. The molecule has 3 rings (SSSR count). The van der Waals surface area contributed by atoms with Crippen molar-refractivity contribution < 1.29 is 13.9 Å². The zero-order valence-corrected chi connectivity index (χ0v) is 16.5. The van der Waals surface area contributed by atoms with Crippen LogP contribution in [-0.2, 0) is 17.8 Å². The molecule has 0 unspecified atom stereocenters.